The molecule has 0 radical (unpaired) electrons. The molecule has 0 N–H and O–H groups in total. The Kier molecular flexibility index (Phi) is 5.73. The van der Waals surface area contributed by atoms with Crippen LogP contribution in [0.25, 0.3) is 0 Å². The molecular weight excluding hydrogens is 370 g/mol. The fraction of sp³-hybridized carbons (Fsp3) is 0.333. The first-order valence-corrected chi connectivity index (χ1v) is 9.95. The highest BCUT2D eigenvalue weighted by Crippen LogP contribution is 2.28. The van der Waals surface area contributed by atoms with Crippen molar-refractivity contribution in [2.24, 2.45) is 0 Å². The summed E-state index contributed by atoms with van der Waals surface area (Å²) in [5.74, 6) is 0. The van der Waals surface area contributed by atoms with Crippen molar-refractivity contribution in [2.45, 2.75) is 11.4 Å². The number of hydrogen-bond donors (Lipinski definition) is 0. The summed E-state index contributed by atoms with van der Waals surface area (Å²) in [6.45, 7) is 2.83. The Hall–Kier alpha value is -2.49. The number of benzene rings is 2. The van der Waals surface area contributed by atoms with Crippen LogP contribution >= 0.6 is 0 Å². The van der Waals surface area contributed by atoms with Crippen molar-refractivity contribution in [3.05, 3.63) is 64.2 Å². The summed E-state index contributed by atoms with van der Waals surface area (Å²) in [6.07, 6.45) is 0. The predicted octanol–water partition coefficient (Wildman–Crippen LogP) is 2.25. The molecule has 2 aromatic carbocycles. The Balaban J connectivity index is 1.90. The Morgan fingerprint density at radius 3 is 2.44 bits per heavy atom. The fourth-order valence-corrected chi connectivity index (χ4v) is 4.38. The standard InChI is InChI=1S/C18H21N3O5S/c1-19(27(24,25)18-9-5-4-8-17(18)21(22)23)14-15-6-2-3-7-16(15)20-10-12-26-13-11-20/h2-9H,10-14H2,1H3. The third-order valence-electron chi connectivity index (χ3n) is 4.49. The van der Waals surface area contributed by atoms with Crippen LogP contribution in [-0.2, 0) is 21.3 Å². The number of rotatable bonds is 6. The molecule has 1 saturated heterocycles. The zero-order valence-electron chi connectivity index (χ0n) is 14.9. The van der Waals surface area contributed by atoms with Gasteiger partial charge in [0, 0.05) is 38.4 Å². The summed E-state index contributed by atoms with van der Waals surface area (Å²) in [5.41, 5.74) is 1.36. The molecule has 144 valence electrons. The molecule has 2 aromatic rings. The van der Waals surface area contributed by atoms with Gasteiger partial charge in [0.15, 0.2) is 4.90 Å². The zero-order chi connectivity index (χ0) is 19.4. The second-order valence-corrected chi connectivity index (χ2v) is 8.23. The van der Waals surface area contributed by atoms with Crippen LogP contribution < -0.4 is 4.90 Å². The molecule has 3 rings (SSSR count). The van der Waals surface area contributed by atoms with Crippen molar-refractivity contribution in [3.63, 3.8) is 0 Å². The lowest BCUT2D eigenvalue weighted by Gasteiger charge is -2.31. The highest BCUT2D eigenvalue weighted by molar-refractivity contribution is 7.89. The van der Waals surface area contributed by atoms with Crippen molar-refractivity contribution < 1.29 is 18.1 Å². The molecule has 1 aliphatic rings. The molecule has 8 nitrogen and oxygen atoms in total. The van der Waals surface area contributed by atoms with Gasteiger partial charge >= 0.3 is 0 Å². The van der Waals surface area contributed by atoms with E-state index in [1.165, 1.54) is 31.3 Å². The summed E-state index contributed by atoms with van der Waals surface area (Å²) in [4.78, 5) is 12.4. The molecule has 0 saturated carbocycles. The van der Waals surface area contributed by atoms with Crippen LogP contribution in [0.3, 0.4) is 0 Å². The lowest BCUT2D eigenvalue weighted by atomic mass is 10.1. The highest BCUT2D eigenvalue weighted by Gasteiger charge is 2.29. The van der Waals surface area contributed by atoms with E-state index in [1.54, 1.807) is 0 Å². The van der Waals surface area contributed by atoms with E-state index in [0.717, 1.165) is 28.6 Å². The fourth-order valence-electron chi connectivity index (χ4n) is 3.08. The van der Waals surface area contributed by atoms with E-state index in [0.29, 0.717) is 13.2 Å². The van der Waals surface area contributed by atoms with Crippen LogP contribution in [0.4, 0.5) is 11.4 Å². The van der Waals surface area contributed by atoms with Crippen LogP contribution in [0.2, 0.25) is 0 Å². The first-order chi connectivity index (χ1) is 12.9. The Morgan fingerprint density at radius 2 is 1.74 bits per heavy atom. The topological polar surface area (TPSA) is 93.0 Å². The maximum atomic E-state index is 12.9. The molecule has 1 heterocycles. The van der Waals surface area contributed by atoms with E-state index in [4.69, 9.17) is 4.74 Å². The summed E-state index contributed by atoms with van der Waals surface area (Å²) < 4.78 is 32.4. The molecule has 27 heavy (non-hydrogen) atoms. The average Bonchev–Trinajstić information content (AvgIpc) is 2.69. The van der Waals surface area contributed by atoms with Gasteiger partial charge in [0.1, 0.15) is 0 Å². The van der Waals surface area contributed by atoms with Gasteiger partial charge in [-0.25, -0.2) is 8.42 Å². The second-order valence-electron chi connectivity index (χ2n) is 6.21. The second kappa shape index (κ2) is 8.03. The number of ether oxygens (including phenoxy) is 1. The molecule has 0 aromatic heterocycles. The van der Waals surface area contributed by atoms with Gasteiger partial charge in [-0.3, -0.25) is 10.1 Å². The van der Waals surface area contributed by atoms with E-state index in [1.807, 2.05) is 24.3 Å². The number of nitrogens with zero attached hydrogens (tertiary/aromatic N) is 3. The van der Waals surface area contributed by atoms with Crippen LogP contribution in [-0.4, -0.2) is 51.0 Å². The summed E-state index contributed by atoms with van der Waals surface area (Å²) in [7, 11) is -2.58. The van der Waals surface area contributed by atoms with E-state index in [9.17, 15) is 18.5 Å². The molecule has 0 unspecified atom stereocenters. The number of para-hydroxylation sites is 2. The van der Waals surface area contributed by atoms with Gasteiger partial charge in [-0.2, -0.15) is 4.31 Å². The number of nitro groups is 1. The van der Waals surface area contributed by atoms with Crippen molar-refractivity contribution in [3.8, 4) is 0 Å². The predicted molar refractivity (Wildman–Crippen MR) is 101 cm³/mol. The molecule has 0 amide bonds. The van der Waals surface area contributed by atoms with Gasteiger partial charge in [-0.1, -0.05) is 30.3 Å². The largest absolute Gasteiger partial charge is 0.378 e. The van der Waals surface area contributed by atoms with E-state index in [2.05, 4.69) is 4.90 Å². The molecule has 1 aliphatic heterocycles. The number of nitro benzene ring substituents is 1. The van der Waals surface area contributed by atoms with Gasteiger partial charge in [-0.15, -0.1) is 0 Å². The normalized spacial score (nSPS) is 15.1. The van der Waals surface area contributed by atoms with E-state index >= 15 is 0 Å². The van der Waals surface area contributed by atoms with E-state index < -0.39 is 20.6 Å². The maximum Gasteiger partial charge on any atom is 0.289 e. The highest BCUT2D eigenvalue weighted by atomic mass is 32.2. The van der Waals surface area contributed by atoms with Gasteiger partial charge in [0.05, 0.1) is 18.1 Å². The van der Waals surface area contributed by atoms with Gasteiger partial charge in [-0.05, 0) is 17.7 Å². The lowest BCUT2D eigenvalue weighted by molar-refractivity contribution is -0.387. The Morgan fingerprint density at radius 1 is 1.11 bits per heavy atom. The van der Waals surface area contributed by atoms with Gasteiger partial charge in [0.2, 0.25) is 10.0 Å². The van der Waals surface area contributed by atoms with Crippen LogP contribution in [0.1, 0.15) is 5.56 Å². The molecule has 0 spiro atoms. The number of morpholine rings is 1. The van der Waals surface area contributed by atoms with Gasteiger partial charge in [0.25, 0.3) is 5.69 Å². The first-order valence-electron chi connectivity index (χ1n) is 8.51. The first kappa shape index (κ1) is 19.3. The minimum atomic E-state index is -4.01. The van der Waals surface area contributed by atoms with Crippen molar-refractivity contribution in [1.29, 1.82) is 0 Å². The molecule has 0 atom stereocenters. The summed E-state index contributed by atoms with van der Waals surface area (Å²) >= 11 is 0. The smallest absolute Gasteiger partial charge is 0.289 e. The van der Waals surface area contributed by atoms with Crippen LogP contribution in [0.5, 0.6) is 0 Å². The minimum absolute atomic E-state index is 0.113. The molecule has 1 fully saturated rings. The summed E-state index contributed by atoms with van der Waals surface area (Å²) in [6, 6.07) is 13.0. The number of anilines is 1. The third kappa shape index (κ3) is 4.10. The number of sulfonamides is 1. The van der Waals surface area contributed by atoms with Crippen molar-refractivity contribution in [1.82, 2.24) is 4.31 Å². The van der Waals surface area contributed by atoms with Crippen molar-refractivity contribution in [2.75, 3.05) is 38.3 Å². The van der Waals surface area contributed by atoms with Crippen molar-refractivity contribution >= 4 is 21.4 Å². The molecule has 9 heteroatoms. The summed E-state index contributed by atoms with van der Waals surface area (Å²) in [5, 5.41) is 11.2. The molecule has 0 aliphatic carbocycles. The van der Waals surface area contributed by atoms with Gasteiger partial charge < -0.3 is 9.64 Å². The average molecular weight is 391 g/mol. The lowest BCUT2D eigenvalue weighted by Crippen LogP contribution is -2.37. The number of hydrogen-bond acceptors (Lipinski definition) is 6. The monoisotopic (exact) mass is 391 g/mol. The Bertz CT molecular complexity index is 926. The Labute approximate surface area is 158 Å². The van der Waals surface area contributed by atoms with Crippen LogP contribution in [0, 0.1) is 10.1 Å². The maximum absolute atomic E-state index is 12.9. The molecule has 0 bridgehead atoms. The zero-order valence-corrected chi connectivity index (χ0v) is 15.8. The molecular formula is C18H21N3O5S. The van der Waals surface area contributed by atoms with E-state index in [-0.39, 0.29) is 11.4 Å². The van der Waals surface area contributed by atoms with Crippen LogP contribution in [0.15, 0.2) is 53.4 Å². The third-order valence-corrected chi connectivity index (χ3v) is 6.34. The minimum Gasteiger partial charge on any atom is -0.378 e. The quantitative estimate of drug-likeness (QED) is 0.554. The SMILES string of the molecule is CN(Cc1ccccc1N1CCOCC1)S(=O)(=O)c1ccccc1[N+](=O)[O-].